The lowest BCUT2D eigenvalue weighted by Crippen LogP contribution is -2.52. The van der Waals surface area contributed by atoms with Gasteiger partial charge in [-0.2, -0.15) is 0 Å². The fourth-order valence-electron chi connectivity index (χ4n) is 2.66. The normalized spacial score (nSPS) is 41.5. The zero-order valence-corrected chi connectivity index (χ0v) is 8.83. The van der Waals surface area contributed by atoms with Crippen molar-refractivity contribution in [3.63, 3.8) is 0 Å². The van der Waals surface area contributed by atoms with Crippen LogP contribution in [0.25, 0.3) is 0 Å². The van der Waals surface area contributed by atoms with Crippen molar-refractivity contribution in [1.29, 1.82) is 0 Å². The van der Waals surface area contributed by atoms with E-state index in [0.29, 0.717) is 6.10 Å². The summed E-state index contributed by atoms with van der Waals surface area (Å²) in [6, 6.07) is 1.65. The molecule has 0 bridgehead atoms. The van der Waals surface area contributed by atoms with E-state index in [-0.39, 0.29) is 0 Å². The highest BCUT2D eigenvalue weighted by molar-refractivity contribution is 4.91. The van der Waals surface area contributed by atoms with Crippen LogP contribution in [0.4, 0.5) is 0 Å². The molecule has 1 saturated carbocycles. The van der Waals surface area contributed by atoms with Crippen molar-refractivity contribution in [3.05, 3.63) is 0 Å². The molecule has 1 atom stereocenters. The second-order valence-corrected chi connectivity index (χ2v) is 4.57. The first-order valence-corrected chi connectivity index (χ1v) is 5.60. The molecule has 1 aliphatic heterocycles. The molecule has 0 unspecified atom stereocenters. The van der Waals surface area contributed by atoms with Crippen LogP contribution in [0, 0.1) is 0 Å². The first-order chi connectivity index (χ1) is 6.31. The summed E-state index contributed by atoms with van der Waals surface area (Å²) in [5.41, 5.74) is 0. The highest BCUT2D eigenvalue weighted by atomic mass is 16.5. The van der Waals surface area contributed by atoms with Crippen LogP contribution in [-0.2, 0) is 4.74 Å². The molecular formula is C11H21NO. The van der Waals surface area contributed by atoms with Gasteiger partial charge < -0.3 is 4.74 Å². The fraction of sp³-hybridized carbons (Fsp3) is 1.00. The van der Waals surface area contributed by atoms with E-state index in [4.69, 9.17) is 4.74 Å². The SMILES string of the molecule is CO[C@H]1C[C@H](N2CCCC[C@@H]2C)C1. The maximum Gasteiger partial charge on any atom is 0.0601 e. The highest BCUT2D eigenvalue weighted by Gasteiger charge is 2.36. The minimum Gasteiger partial charge on any atom is -0.381 e. The molecule has 2 fully saturated rings. The van der Waals surface area contributed by atoms with E-state index in [1.165, 1.54) is 38.6 Å². The summed E-state index contributed by atoms with van der Waals surface area (Å²) >= 11 is 0. The zero-order valence-electron chi connectivity index (χ0n) is 8.83. The van der Waals surface area contributed by atoms with Gasteiger partial charge in [-0.25, -0.2) is 0 Å². The van der Waals surface area contributed by atoms with Crippen molar-refractivity contribution in [1.82, 2.24) is 4.90 Å². The summed E-state index contributed by atoms with van der Waals surface area (Å²) in [5.74, 6) is 0. The van der Waals surface area contributed by atoms with E-state index in [1.807, 2.05) is 7.11 Å². The molecule has 0 amide bonds. The van der Waals surface area contributed by atoms with E-state index >= 15 is 0 Å². The van der Waals surface area contributed by atoms with Gasteiger partial charge in [-0.15, -0.1) is 0 Å². The van der Waals surface area contributed by atoms with Crippen molar-refractivity contribution in [2.24, 2.45) is 0 Å². The maximum atomic E-state index is 5.32. The van der Waals surface area contributed by atoms with E-state index in [1.54, 1.807) is 0 Å². The minimum absolute atomic E-state index is 0.555. The van der Waals surface area contributed by atoms with Gasteiger partial charge in [-0.05, 0) is 39.2 Å². The summed E-state index contributed by atoms with van der Waals surface area (Å²) in [5, 5.41) is 0. The van der Waals surface area contributed by atoms with Gasteiger partial charge in [-0.3, -0.25) is 4.90 Å². The molecule has 2 nitrogen and oxygen atoms in total. The minimum atomic E-state index is 0.555. The third-order valence-corrected chi connectivity index (χ3v) is 3.73. The average Bonchev–Trinajstić information content (AvgIpc) is 2.06. The highest BCUT2D eigenvalue weighted by Crippen LogP contribution is 2.32. The number of nitrogens with zero attached hydrogens (tertiary/aromatic N) is 1. The largest absolute Gasteiger partial charge is 0.381 e. The number of piperidine rings is 1. The van der Waals surface area contributed by atoms with E-state index < -0.39 is 0 Å². The Hall–Kier alpha value is -0.0800. The van der Waals surface area contributed by atoms with Crippen LogP contribution in [0.15, 0.2) is 0 Å². The number of methoxy groups -OCH3 is 1. The van der Waals surface area contributed by atoms with Crippen molar-refractivity contribution in [2.45, 2.75) is 57.2 Å². The Morgan fingerprint density at radius 2 is 2.00 bits per heavy atom. The van der Waals surface area contributed by atoms with Crippen molar-refractivity contribution >= 4 is 0 Å². The first-order valence-electron chi connectivity index (χ1n) is 5.60. The van der Waals surface area contributed by atoms with Crippen LogP contribution < -0.4 is 0 Å². The number of hydrogen-bond donors (Lipinski definition) is 0. The molecule has 0 aromatic carbocycles. The third-order valence-electron chi connectivity index (χ3n) is 3.73. The van der Waals surface area contributed by atoms with Gasteiger partial charge in [0, 0.05) is 19.2 Å². The van der Waals surface area contributed by atoms with Gasteiger partial charge in [0.1, 0.15) is 0 Å². The van der Waals surface area contributed by atoms with Crippen LogP contribution in [-0.4, -0.2) is 36.7 Å². The summed E-state index contributed by atoms with van der Waals surface area (Å²) in [7, 11) is 1.83. The first kappa shape index (κ1) is 9.47. The number of rotatable bonds is 2. The van der Waals surface area contributed by atoms with Gasteiger partial charge in [0.25, 0.3) is 0 Å². The molecule has 1 aliphatic carbocycles. The Morgan fingerprint density at radius 3 is 2.62 bits per heavy atom. The third kappa shape index (κ3) is 1.89. The van der Waals surface area contributed by atoms with Crippen molar-refractivity contribution in [3.8, 4) is 0 Å². The van der Waals surface area contributed by atoms with Gasteiger partial charge in [0.2, 0.25) is 0 Å². The quantitative estimate of drug-likeness (QED) is 0.649. The van der Waals surface area contributed by atoms with Gasteiger partial charge in [0.15, 0.2) is 0 Å². The molecule has 2 rings (SSSR count). The standard InChI is InChI=1S/C11H21NO/c1-9-5-3-4-6-12(9)10-7-11(8-10)13-2/h9-11H,3-8H2,1-2H3/t9-,10-,11-/m0/s1. The predicted molar refractivity (Wildman–Crippen MR) is 53.8 cm³/mol. The fourth-order valence-corrected chi connectivity index (χ4v) is 2.66. The second-order valence-electron chi connectivity index (χ2n) is 4.57. The predicted octanol–water partition coefficient (Wildman–Crippen LogP) is 2.04. The van der Waals surface area contributed by atoms with Gasteiger partial charge in [-0.1, -0.05) is 6.42 Å². The molecule has 0 aromatic rings. The number of ether oxygens (including phenoxy) is 1. The summed E-state index contributed by atoms with van der Waals surface area (Å²) in [4.78, 5) is 2.69. The Labute approximate surface area is 81.3 Å². The molecule has 0 radical (unpaired) electrons. The Bertz CT molecular complexity index is 165. The molecule has 1 saturated heterocycles. The van der Waals surface area contributed by atoms with E-state index in [0.717, 1.165) is 12.1 Å². The van der Waals surface area contributed by atoms with Crippen LogP contribution >= 0.6 is 0 Å². The van der Waals surface area contributed by atoms with E-state index in [9.17, 15) is 0 Å². The molecule has 2 heteroatoms. The lowest BCUT2D eigenvalue weighted by molar-refractivity contribution is -0.0463. The van der Waals surface area contributed by atoms with Crippen molar-refractivity contribution < 1.29 is 4.74 Å². The smallest absolute Gasteiger partial charge is 0.0601 e. The van der Waals surface area contributed by atoms with Crippen LogP contribution in [0.3, 0.4) is 0 Å². The molecule has 13 heavy (non-hydrogen) atoms. The zero-order chi connectivity index (χ0) is 9.26. The molecular weight excluding hydrogens is 162 g/mol. The summed E-state index contributed by atoms with van der Waals surface area (Å²) in [6.45, 7) is 3.70. The molecule has 76 valence electrons. The Morgan fingerprint density at radius 1 is 1.23 bits per heavy atom. The summed E-state index contributed by atoms with van der Waals surface area (Å²) < 4.78 is 5.32. The van der Waals surface area contributed by atoms with E-state index in [2.05, 4.69) is 11.8 Å². The molecule has 0 N–H and O–H groups in total. The molecule has 0 aromatic heterocycles. The molecule has 0 spiro atoms. The lowest BCUT2D eigenvalue weighted by Gasteiger charge is -2.47. The number of likely N-dealkylation sites (tertiary alicyclic amines) is 1. The van der Waals surface area contributed by atoms with Gasteiger partial charge >= 0.3 is 0 Å². The second kappa shape index (κ2) is 3.97. The number of hydrogen-bond acceptors (Lipinski definition) is 2. The molecule has 1 heterocycles. The molecule has 2 aliphatic rings. The summed E-state index contributed by atoms with van der Waals surface area (Å²) in [6.07, 6.45) is 7.31. The van der Waals surface area contributed by atoms with Crippen molar-refractivity contribution in [2.75, 3.05) is 13.7 Å². The maximum absolute atomic E-state index is 5.32. The average molecular weight is 183 g/mol. The van der Waals surface area contributed by atoms with Crippen LogP contribution in [0.2, 0.25) is 0 Å². The monoisotopic (exact) mass is 183 g/mol. The van der Waals surface area contributed by atoms with Gasteiger partial charge in [0.05, 0.1) is 6.10 Å². The Balaban J connectivity index is 1.80. The lowest BCUT2D eigenvalue weighted by atomic mass is 9.85. The topological polar surface area (TPSA) is 12.5 Å². The van der Waals surface area contributed by atoms with Crippen LogP contribution in [0.1, 0.15) is 39.0 Å². The Kier molecular flexibility index (Phi) is 2.89. The van der Waals surface area contributed by atoms with Crippen LogP contribution in [0.5, 0.6) is 0 Å².